The van der Waals surface area contributed by atoms with E-state index < -0.39 is 0 Å². The normalized spacial score (nSPS) is 11.0. The lowest BCUT2D eigenvalue weighted by Gasteiger charge is -2.11. The first-order valence-electron chi connectivity index (χ1n) is 10.1. The molecule has 2 aromatic heterocycles. The van der Waals surface area contributed by atoms with Crippen molar-refractivity contribution in [2.75, 3.05) is 0 Å². The van der Waals surface area contributed by atoms with Gasteiger partial charge in [-0.25, -0.2) is 4.98 Å². The predicted octanol–water partition coefficient (Wildman–Crippen LogP) is 5.02. The van der Waals surface area contributed by atoms with E-state index in [1.807, 2.05) is 54.6 Å². The molecule has 5 nitrogen and oxygen atoms in total. The Morgan fingerprint density at radius 3 is 2.67 bits per heavy atom. The van der Waals surface area contributed by atoms with Gasteiger partial charge in [-0.1, -0.05) is 36.7 Å². The van der Waals surface area contributed by atoms with Crippen LogP contribution in [0.4, 0.5) is 0 Å². The molecule has 2 heterocycles. The highest BCUT2D eigenvalue weighted by Gasteiger charge is 2.15. The molecule has 0 radical (unpaired) electrons. The number of hydrogen-bond acceptors (Lipinski definition) is 3. The van der Waals surface area contributed by atoms with E-state index in [0.717, 1.165) is 45.8 Å². The van der Waals surface area contributed by atoms with Crippen LogP contribution in [0.3, 0.4) is 0 Å². The molecule has 0 aliphatic rings. The van der Waals surface area contributed by atoms with Crippen molar-refractivity contribution in [3.05, 3.63) is 94.5 Å². The Kier molecular flexibility index (Phi) is 6.10. The van der Waals surface area contributed by atoms with Crippen LogP contribution in [0.5, 0.6) is 0 Å². The summed E-state index contributed by atoms with van der Waals surface area (Å²) in [5, 5.41) is 3.70. The van der Waals surface area contributed by atoms with Crippen molar-refractivity contribution in [3.8, 4) is 0 Å². The van der Waals surface area contributed by atoms with E-state index in [1.165, 1.54) is 0 Å². The molecule has 30 heavy (non-hydrogen) atoms. The van der Waals surface area contributed by atoms with Crippen LogP contribution in [-0.2, 0) is 19.5 Å². The van der Waals surface area contributed by atoms with Crippen molar-refractivity contribution in [1.82, 2.24) is 19.9 Å². The summed E-state index contributed by atoms with van der Waals surface area (Å²) >= 11 is 6.40. The zero-order valence-electron chi connectivity index (χ0n) is 16.8. The molecule has 0 saturated carbocycles. The van der Waals surface area contributed by atoms with Gasteiger partial charge in [-0.05, 0) is 53.9 Å². The number of hydrogen-bond donors (Lipinski definition) is 1. The predicted molar refractivity (Wildman–Crippen MR) is 120 cm³/mol. The number of aryl methyl sites for hydroxylation is 1. The number of imidazole rings is 1. The molecule has 2 aromatic carbocycles. The topological polar surface area (TPSA) is 59.8 Å². The number of pyridine rings is 1. The Morgan fingerprint density at radius 2 is 1.90 bits per heavy atom. The maximum absolute atomic E-state index is 12.7. The van der Waals surface area contributed by atoms with E-state index in [0.29, 0.717) is 18.7 Å². The first-order valence-corrected chi connectivity index (χ1v) is 10.4. The molecule has 4 rings (SSSR count). The van der Waals surface area contributed by atoms with Crippen molar-refractivity contribution in [2.24, 2.45) is 0 Å². The highest BCUT2D eigenvalue weighted by atomic mass is 35.5. The van der Waals surface area contributed by atoms with Crippen molar-refractivity contribution >= 4 is 28.5 Å². The van der Waals surface area contributed by atoms with Crippen LogP contribution in [0.2, 0.25) is 5.02 Å². The van der Waals surface area contributed by atoms with E-state index in [4.69, 9.17) is 16.6 Å². The molecule has 0 aliphatic carbocycles. The molecule has 152 valence electrons. The first-order chi connectivity index (χ1) is 14.7. The molecule has 0 fully saturated rings. The quantitative estimate of drug-likeness (QED) is 0.458. The fourth-order valence-corrected chi connectivity index (χ4v) is 3.68. The minimum absolute atomic E-state index is 0.115. The molecule has 0 aliphatic heterocycles. The second-order valence-corrected chi connectivity index (χ2v) is 7.60. The molecule has 0 spiro atoms. The molecular weight excluding hydrogens is 396 g/mol. The monoisotopic (exact) mass is 418 g/mol. The van der Waals surface area contributed by atoms with Gasteiger partial charge in [0.05, 0.1) is 17.6 Å². The van der Waals surface area contributed by atoms with E-state index in [9.17, 15) is 4.79 Å². The maximum atomic E-state index is 12.7. The number of rotatable bonds is 7. The summed E-state index contributed by atoms with van der Waals surface area (Å²) in [4.78, 5) is 21.5. The number of nitrogens with zero attached hydrogens (tertiary/aromatic N) is 3. The largest absolute Gasteiger partial charge is 0.348 e. The van der Waals surface area contributed by atoms with Crippen LogP contribution < -0.4 is 5.32 Å². The Labute approximate surface area is 180 Å². The fourth-order valence-electron chi connectivity index (χ4n) is 3.49. The maximum Gasteiger partial charge on any atom is 0.251 e. The molecule has 0 unspecified atom stereocenters. The summed E-state index contributed by atoms with van der Waals surface area (Å²) < 4.78 is 2.17. The number of carbonyl (C=O) groups excluding carboxylic acids is 1. The molecular formula is C24H23ClN4O. The standard InChI is InChI=1S/C24H23ClN4O/c1-2-5-23-28-21-9-8-18(24(30)27-15-17-10-12-26-13-11-17)14-22(21)29(23)16-19-6-3-4-7-20(19)25/h3-4,6-14H,2,5,15-16H2,1H3,(H,27,30). The molecule has 0 atom stereocenters. The summed E-state index contributed by atoms with van der Waals surface area (Å²) in [6, 6.07) is 17.3. The third kappa shape index (κ3) is 4.36. The van der Waals surface area contributed by atoms with Gasteiger partial charge in [0.2, 0.25) is 0 Å². The molecule has 1 amide bonds. The number of fused-ring (bicyclic) bond motifs is 1. The van der Waals surface area contributed by atoms with Crippen LogP contribution in [0.25, 0.3) is 11.0 Å². The average Bonchev–Trinajstić information content (AvgIpc) is 3.11. The number of amides is 1. The van der Waals surface area contributed by atoms with Gasteiger partial charge in [-0.3, -0.25) is 9.78 Å². The van der Waals surface area contributed by atoms with Gasteiger partial charge in [0.15, 0.2) is 0 Å². The zero-order chi connectivity index (χ0) is 20.9. The first kappa shape index (κ1) is 20.1. The molecule has 6 heteroatoms. The van der Waals surface area contributed by atoms with Gasteiger partial charge in [-0.15, -0.1) is 0 Å². The van der Waals surface area contributed by atoms with Gasteiger partial charge in [0.1, 0.15) is 5.82 Å². The minimum Gasteiger partial charge on any atom is -0.348 e. The summed E-state index contributed by atoms with van der Waals surface area (Å²) in [5.74, 6) is 0.887. The van der Waals surface area contributed by atoms with Crippen LogP contribution >= 0.6 is 11.6 Å². The van der Waals surface area contributed by atoms with Crippen molar-refractivity contribution in [1.29, 1.82) is 0 Å². The van der Waals surface area contributed by atoms with Crippen molar-refractivity contribution in [2.45, 2.75) is 32.9 Å². The van der Waals surface area contributed by atoms with Crippen LogP contribution in [0.15, 0.2) is 67.0 Å². The van der Waals surface area contributed by atoms with Gasteiger partial charge >= 0.3 is 0 Å². The number of halogens is 1. The average molecular weight is 419 g/mol. The third-order valence-electron chi connectivity index (χ3n) is 5.05. The van der Waals surface area contributed by atoms with Gasteiger partial charge in [0.25, 0.3) is 5.91 Å². The second kappa shape index (κ2) is 9.09. The summed E-state index contributed by atoms with van der Waals surface area (Å²) in [6.45, 7) is 3.21. The van der Waals surface area contributed by atoms with Crippen LogP contribution in [0.1, 0.15) is 40.7 Å². The van der Waals surface area contributed by atoms with E-state index in [2.05, 4.69) is 21.8 Å². The summed E-state index contributed by atoms with van der Waals surface area (Å²) in [5.41, 5.74) is 4.47. The Balaban J connectivity index is 1.65. The van der Waals surface area contributed by atoms with E-state index >= 15 is 0 Å². The van der Waals surface area contributed by atoms with Gasteiger partial charge in [-0.2, -0.15) is 0 Å². The number of carbonyl (C=O) groups is 1. The molecule has 1 N–H and O–H groups in total. The Morgan fingerprint density at radius 1 is 1.10 bits per heavy atom. The van der Waals surface area contributed by atoms with Crippen LogP contribution in [0, 0.1) is 0 Å². The Hall–Kier alpha value is -3.18. The zero-order valence-corrected chi connectivity index (χ0v) is 17.6. The summed E-state index contributed by atoms with van der Waals surface area (Å²) in [6.07, 6.45) is 5.29. The number of benzene rings is 2. The lowest BCUT2D eigenvalue weighted by atomic mass is 10.1. The Bertz CT molecular complexity index is 1170. The van der Waals surface area contributed by atoms with Crippen LogP contribution in [-0.4, -0.2) is 20.4 Å². The minimum atomic E-state index is -0.115. The molecule has 4 aromatic rings. The van der Waals surface area contributed by atoms with Crippen molar-refractivity contribution < 1.29 is 4.79 Å². The number of nitrogens with one attached hydrogen (secondary N) is 1. The second-order valence-electron chi connectivity index (χ2n) is 7.20. The SMILES string of the molecule is CCCc1nc2ccc(C(=O)NCc3ccncc3)cc2n1Cc1ccccc1Cl. The number of aromatic nitrogens is 3. The summed E-state index contributed by atoms with van der Waals surface area (Å²) in [7, 11) is 0. The fraction of sp³-hybridized carbons (Fsp3) is 0.208. The lowest BCUT2D eigenvalue weighted by molar-refractivity contribution is 0.0951. The van der Waals surface area contributed by atoms with E-state index in [1.54, 1.807) is 12.4 Å². The van der Waals surface area contributed by atoms with Gasteiger partial charge < -0.3 is 9.88 Å². The molecule has 0 saturated heterocycles. The highest BCUT2D eigenvalue weighted by molar-refractivity contribution is 6.31. The lowest BCUT2D eigenvalue weighted by Crippen LogP contribution is -2.22. The third-order valence-corrected chi connectivity index (χ3v) is 5.42. The van der Waals surface area contributed by atoms with Crippen molar-refractivity contribution in [3.63, 3.8) is 0 Å². The van der Waals surface area contributed by atoms with Gasteiger partial charge in [0, 0.05) is 35.9 Å². The van der Waals surface area contributed by atoms with E-state index in [-0.39, 0.29) is 5.91 Å². The molecule has 0 bridgehead atoms. The smallest absolute Gasteiger partial charge is 0.251 e. The highest BCUT2D eigenvalue weighted by Crippen LogP contribution is 2.23.